The molecule has 31 heavy (non-hydrogen) atoms. The summed E-state index contributed by atoms with van der Waals surface area (Å²) in [7, 11) is 0. The Bertz CT molecular complexity index is 1370. The van der Waals surface area contributed by atoms with Gasteiger partial charge < -0.3 is 0 Å². The molecule has 152 valence electrons. The van der Waals surface area contributed by atoms with Crippen molar-refractivity contribution >= 4 is 21.5 Å². The molecule has 5 rings (SSSR count). The summed E-state index contributed by atoms with van der Waals surface area (Å²) in [5, 5.41) is 5.17. The van der Waals surface area contributed by atoms with Gasteiger partial charge in [0.1, 0.15) is 0 Å². The van der Waals surface area contributed by atoms with Gasteiger partial charge in [0.2, 0.25) is 0 Å². The molecule has 0 unspecified atom stereocenters. The van der Waals surface area contributed by atoms with Gasteiger partial charge in [-0.1, -0.05) is 93.6 Å². The summed E-state index contributed by atoms with van der Waals surface area (Å²) < 4.78 is 0. The molecule has 1 nitrogen and oxygen atoms in total. The van der Waals surface area contributed by atoms with Gasteiger partial charge in [-0.3, -0.25) is 4.98 Å². The van der Waals surface area contributed by atoms with Crippen LogP contribution in [0.25, 0.3) is 43.9 Å². The zero-order chi connectivity index (χ0) is 21.4. The third-order valence-electron chi connectivity index (χ3n) is 5.82. The summed E-state index contributed by atoms with van der Waals surface area (Å²) >= 11 is 0. The van der Waals surface area contributed by atoms with Gasteiger partial charge in [-0.25, -0.2) is 0 Å². The second-order valence-corrected chi connectivity index (χ2v) is 9.55. The summed E-state index contributed by atoms with van der Waals surface area (Å²) in [6.07, 6.45) is 2.98. The van der Waals surface area contributed by atoms with E-state index >= 15 is 0 Å². The lowest BCUT2D eigenvalue weighted by molar-refractivity contribution is 0.411. The number of pyridine rings is 1. The average molecular weight is 402 g/mol. The Morgan fingerprint density at radius 3 is 2.03 bits per heavy atom. The van der Waals surface area contributed by atoms with Gasteiger partial charge in [0.25, 0.3) is 0 Å². The molecule has 4 aromatic carbocycles. The van der Waals surface area contributed by atoms with Crippen molar-refractivity contribution in [3.8, 4) is 22.4 Å². The molecule has 0 aliphatic carbocycles. The zero-order valence-electron chi connectivity index (χ0n) is 18.4. The van der Waals surface area contributed by atoms with Crippen LogP contribution in [0.15, 0.2) is 97.2 Å². The fourth-order valence-electron chi connectivity index (χ4n) is 4.47. The minimum absolute atomic E-state index is 0.264. The molecule has 0 saturated carbocycles. The number of hydrogen-bond donors (Lipinski definition) is 0. The summed E-state index contributed by atoms with van der Waals surface area (Å²) in [5.41, 5.74) is 6.30. The first kappa shape index (κ1) is 19.5. The molecular formula is C30H27N. The van der Waals surface area contributed by atoms with Crippen LogP contribution in [0.4, 0.5) is 0 Å². The van der Waals surface area contributed by atoms with Gasteiger partial charge in [-0.15, -0.1) is 0 Å². The molecule has 0 N–H and O–H groups in total. The Labute approximate surface area is 184 Å². The van der Waals surface area contributed by atoms with Gasteiger partial charge in [0, 0.05) is 11.8 Å². The topological polar surface area (TPSA) is 12.9 Å². The van der Waals surface area contributed by atoms with E-state index in [4.69, 9.17) is 0 Å². The van der Waals surface area contributed by atoms with Crippen molar-refractivity contribution in [3.63, 3.8) is 0 Å². The molecule has 0 aliphatic rings. The van der Waals surface area contributed by atoms with Crippen LogP contribution < -0.4 is 0 Å². The van der Waals surface area contributed by atoms with Crippen LogP contribution in [-0.4, -0.2) is 4.98 Å². The highest BCUT2D eigenvalue weighted by Crippen LogP contribution is 2.35. The van der Waals surface area contributed by atoms with Crippen molar-refractivity contribution in [2.75, 3.05) is 0 Å². The van der Waals surface area contributed by atoms with E-state index in [-0.39, 0.29) is 5.41 Å². The summed E-state index contributed by atoms with van der Waals surface area (Å²) in [5.74, 6) is 0. The lowest BCUT2D eigenvalue weighted by atomic mass is 9.88. The second kappa shape index (κ2) is 7.67. The first-order chi connectivity index (χ1) is 15.0. The largest absolute Gasteiger partial charge is 0.256 e. The Kier molecular flexibility index (Phi) is 4.82. The maximum atomic E-state index is 4.63. The molecule has 0 atom stereocenters. The molecule has 0 saturated heterocycles. The van der Waals surface area contributed by atoms with Crippen LogP contribution in [0.2, 0.25) is 0 Å². The van der Waals surface area contributed by atoms with Crippen molar-refractivity contribution < 1.29 is 0 Å². The first-order valence-electron chi connectivity index (χ1n) is 10.9. The number of aromatic nitrogens is 1. The molecule has 0 aliphatic heterocycles. The van der Waals surface area contributed by atoms with Crippen molar-refractivity contribution in [2.24, 2.45) is 5.41 Å². The van der Waals surface area contributed by atoms with Gasteiger partial charge in [-0.2, -0.15) is 0 Å². The summed E-state index contributed by atoms with van der Waals surface area (Å²) in [6.45, 7) is 6.82. The van der Waals surface area contributed by atoms with E-state index in [0.29, 0.717) is 0 Å². The maximum absolute atomic E-state index is 4.63. The quantitative estimate of drug-likeness (QED) is 0.277. The van der Waals surface area contributed by atoms with E-state index in [9.17, 15) is 0 Å². The highest BCUT2D eigenvalue weighted by molar-refractivity contribution is 6.13. The number of fused-ring (bicyclic) bond motifs is 3. The van der Waals surface area contributed by atoms with Crippen LogP contribution in [-0.2, 0) is 6.42 Å². The van der Waals surface area contributed by atoms with Gasteiger partial charge in [0.15, 0.2) is 0 Å². The molecule has 1 aromatic heterocycles. The molecule has 0 bridgehead atoms. The highest BCUT2D eigenvalue weighted by Gasteiger charge is 2.13. The van der Waals surface area contributed by atoms with E-state index in [1.54, 1.807) is 0 Å². The Morgan fingerprint density at radius 2 is 1.29 bits per heavy atom. The van der Waals surface area contributed by atoms with E-state index in [1.807, 2.05) is 6.20 Å². The van der Waals surface area contributed by atoms with Gasteiger partial charge in [0.05, 0.1) is 5.69 Å². The smallest absolute Gasteiger partial charge is 0.0704 e. The molecule has 0 fully saturated rings. The van der Waals surface area contributed by atoms with Crippen molar-refractivity contribution in [2.45, 2.75) is 27.2 Å². The zero-order valence-corrected chi connectivity index (χ0v) is 18.4. The monoisotopic (exact) mass is 401 g/mol. The van der Waals surface area contributed by atoms with Crippen LogP contribution >= 0.6 is 0 Å². The van der Waals surface area contributed by atoms with E-state index in [1.165, 1.54) is 38.2 Å². The van der Waals surface area contributed by atoms with E-state index in [2.05, 4.69) is 117 Å². The van der Waals surface area contributed by atoms with Crippen LogP contribution in [0.3, 0.4) is 0 Å². The number of rotatable bonds is 3. The fourth-order valence-corrected chi connectivity index (χ4v) is 4.47. The number of benzene rings is 4. The standard InChI is InChI=1S/C30H27N/c1-30(2,3)20-21-16-17-31-29(18-21)23-14-12-22(13-15-23)28-19-24-8-4-5-9-25(24)26-10-6-7-11-27(26)28/h4-19H,20H2,1-3H3. The second-order valence-electron chi connectivity index (χ2n) is 9.55. The first-order valence-corrected chi connectivity index (χ1v) is 10.9. The molecule has 1 heteroatoms. The van der Waals surface area contributed by atoms with Crippen LogP contribution in [0, 0.1) is 5.41 Å². The van der Waals surface area contributed by atoms with E-state index in [0.717, 1.165) is 17.7 Å². The molecule has 0 radical (unpaired) electrons. The Balaban J connectivity index is 1.57. The third-order valence-corrected chi connectivity index (χ3v) is 5.82. The minimum atomic E-state index is 0.264. The SMILES string of the molecule is CC(C)(C)Cc1ccnc(-c2ccc(-c3cc4ccccc4c4ccccc34)cc2)c1. The summed E-state index contributed by atoms with van der Waals surface area (Å²) in [4.78, 5) is 4.63. The highest BCUT2D eigenvalue weighted by atomic mass is 14.7. The predicted octanol–water partition coefficient (Wildman–Crippen LogP) is 8.31. The summed E-state index contributed by atoms with van der Waals surface area (Å²) in [6, 6.07) is 32.8. The Morgan fingerprint density at radius 1 is 0.645 bits per heavy atom. The predicted molar refractivity (Wildman–Crippen MR) is 133 cm³/mol. The van der Waals surface area contributed by atoms with E-state index < -0.39 is 0 Å². The van der Waals surface area contributed by atoms with Crippen LogP contribution in [0.5, 0.6) is 0 Å². The van der Waals surface area contributed by atoms with Gasteiger partial charge >= 0.3 is 0 Å². The molecule has 5 aromatic rings. The normalized spacial score (nSPS) is 11.8. The minimum Gasteiger partial charge on any atom is -0.256 e. The average Bonchev–Trinajstić information content (AvgIpc) is 2.78. The van der Waals surface area contributed by atoms with Crippen LogP contribution in [0.1, 0.15) is 26.3 Å². The fraction of sp³-hybridized carbons (Fsp3) is 0.167. The van der Waals surface area contributed by atoms with Gasteiger partial charge in [-0.05, 0) is 68.3 Å². The number of hydrogen-bond acceptors (Lipinski definition) is 1. The van der Waals surface area contributed by atoms with Crippen molar-refractivity contribution in [1.82, 2.24) is 4.98 Å². The van der Waals surface area contributed by atoms with Crippen molar-refractivity contribution in [1.29, 1.82) is 0 Å². The Hall–Kier alpha value is -3.45. The molecule has 0 spiro atoms. The lowest BCUT2D eigenvalue weighted by Gasteiger charge is -2.18. The third kappa shape index (κ3) is 3.96. The molecule has 1 heterocycles. The number of nitrogens with zero attached hydrogens (tertiary/aromatic N) is 1. The molecule has 0 amide bonds. The molecular weight excluding hydrogens is 374 g/mol. The maximum Gasteiger partial charge on any atom is 0.0704 e. The van der Waals surface area contributed by atoms with Crippen molar-refractivity contribution in [3.05, 3.63) is 103 Å². The lowest BCUT2D eigenvalue weighted by Crippen LogP contribution is -2.09.